The van der Waals surface area contributed by atoms with Crippen LogP contribution in [0.15, 0.2) is 24.3 Å². The number of rotatable bonds is 4. The molecule has 0 aliphatic heterocycles. The van der Waals surface area contributed by atoms with Gasteiger partial charge in [0.05, 0.1) is 6.61 Å². The molecular formula is C15H22N2O2. The first-order valence-electron chi connectivity index (χ1n) is 6.93. The number of anilines is 1. The van der Waals surface area contributed by atoms with Crippen LogP contribution < -0.4 is 10.6 Å². The van der Waals surface area contributed by atoms with Gasteiger partial charge in [0.15, 0.2) is 0 Å². The van der Waals surface area contributed by atoms with E-state index in [0.29, 0.717) is 12.6 Å². The smallest absolute Gasteiger partial charge is 0.319 e. The molecule has 1 saturated carbocycles. The minimum absolute atomic E-state index is 0.110. The van der Waals surface area contributed by atoms with E-state index in [1.807, 2.05) is 24.3 Å². The molecule has 1 aromatic carbocycles. The fraction of sp³-hybridized carbons (Fsp3) is 0.533. The Bertz CT molecular complexity index is 414. The van der Waals surface area contributed by atoms with Gasteiger partial charge in [-0.25, -0.2) is 4.79 Å². The summed E-state index contributed by atoms with van der Waals surface area (Å²) >= 11 is 0. The molecule has 0 bridgehead atoms. The van der Waals surface area contributed by atoms with Crippen molar-refractivity contribution in [3.05, 3.63) is 29.8 Å². The Labute approximate surface area is 114 Å². The zero-order chi connectivity index (χ0) is 13.5. The van der Waals surface area contributed by atoms with Gasteiger partial charge in [0, 0.05) is 18.8 Å². The van der Waals surface area contributed by atoms with Gasteiger partial charge in [-0.15, -0.1) is 0 Å². The Balaban J connectivity index is 1.85. The normalized spacial score (nSPS) is 16.1. The Morgan fingerprint density at radius 2 is 2.11 bits per heavy atom. The van der Waals surface area contributed by atoms with Gasteiger partial charge in [-0.3, -0.25) is 0 Å². The molecule has 0 saturated heterocycles. The molecule has 0 atom stereocenters. The molecule has 0 aromatic heterocycles. The van der Waals surface area contributed by atoms with Crippen LogP contribution in [0.3, 0.4) is 0 Å². The minimum atomic E-state index is -0.110. The first kappa shape index (κ1) is 13.9. The highest BCUT2D eigenvalue weighted by Gasteiger charge is 2.15. The molecule has 19 heavy (non-hydrogen) atoms. The third kappa shape index (κ3) is 4.56. The maximum atomic E-state index is 11.9. The summed E-state index contributed by atoms with van der Waals surface area (Å²) in [6.07, 6.45) is 5.91. The van der Waals surface area contributed by atoms with Crippen molar-refractivity contribution >= 4 is 11.7 Å². The molecule has 1 fully saturated rings. The van der Waals surface area contributed by atoms with Gasteiger partial charge in [0.1, 0.15) is 0 Å². The van der Waals surface area contributed by atoms with Gasteiger partial charge in [-0.2, -0.15) is 0 Å². The predicted octanol–water partition coefficient (Wildman–Crippen LogP) is 3.29. The predicted molar refractivity (Wildman–Crippen MR) is 76.2 cm³/mol. The largest absolute Gasteiger partial charge is 0.380 e. The zero-order valence-corrected chi connectivity index (χ0v) is 11.4. The molecule has 2 amide bonds. The first-order chi connectivity index (χ1) is 9.28. The van der Waals surface area contributed by atoms with E-state index in [9.17, 15) is 4.79 Å². The fourth-order valence-corrected chi connectivity index (χ4v) is 2.51. The summed E-state index contributed by atoms with van der Waals surface area (Å²) in [4.78, 5) is 11.9. The summed E-state index contributed by atoms with van der Waals surface area (Å²) < 4.78 is 5.08. The van der Waals surface area contributed by atoms with Crippen LogP contribution in [0.2, 0.25) is 0 Å². The second-order valence-corrected chi connectivity index (χ2v) is 5.07. The highest BCUT2D eigenvalue weighted by Crippen LogP contribution is 2.17. The van der Waals surface area contributed by atoms with Crippen LogP contribution >= 0.6 is 0 Å². The van der Waals surface area contributed by atoms with E-state index in [0.717, 1.165) is 24.1 Å². The quantitative estimate of drug-likeness (QED) is 0.874. The number of carbonyl (C=O) groups is 1. The zero-order valence-electron chi connectivity index (χ0n) is 11.4. The lowest BCUT2D eigenvalue weighted by Gasteiger charge is -2.22. The van der Waals surface area contributed by atoms with Crippen molar-refractivity contribution in [2.75, 3.05) is 12.4 Å². The molecule has 2 N–H and O–H groups in total. The number of hydrogen-bond donors (Lipinski definition) is 2. The third-order valence-electron chi connectivity index (χ3n) is 3.44. The van der Waals surface area contributed by atoms with Crippen molar-refractivity contribution in [3.8, 4) is 0 Å². The maximum absolute atomic E-state index is 11.9. The average Bonchev–Trinajstić information content (AvgIpc) is 2.40. The monoisotopic (exact) mass is 262 g/mol. The van der Waals surface area contributed by atoms with Crippen molar-refractivity contribution in [2.24, 2.45) is 0 Å². The van der Waals surface area contributed by atoms with Crippen LogP contribution in [0.4, 0.5) is 10.5 Å². The van der Waals surface area contributed by atoms with E-state index in [4.69, 9.17) is 4.74 Å². The van der Waals surface area contributed by atoms with E-state index in [1.165, 1.54) is 19.3 Å². The minimum Gasteiger partial charge on any atom is -0.380 e. The van der Waals surface area contributed by atoms with Gasteiger partial charge < -0.3 is 15.4 Å². The number of benzene rings is 1. The standard InChI is InChI=1S/C15H22N2O2/c1-19-11-12-6-5-9-14(10-12)17-15(18)16-13-7-3-2-4-8-13/h5-6,9-10,13H,2-4,7-8,11H2,1H3,(H2,16,17,18). The van der Waals surface area contributed by atoms with Crippen LogP contribution in [0.25, 0.3) is 0 Å². The molecule has 0 spiro atoms. The average molecular weight is 262 g/mol. The Morgan fingerprint density at radius 3 is 2.84 bits per heavy atom. The molecule has 1 aliphatic rings. The second kappa shape index (κ2) is 7.14. The van der Waals surface area contributed by atoms with Crippen LogP contribution in [0.5, 0.6) is 0 Å². The molecule has 4 nitrogen and oxygen atoms in total. The highest BCUT2D eigenvalue weighted by atomic mass is 16.5. The molecule has 2 rings (SSSR count). The van der Waals surface area contributed by atoms with Crippen molar-refractivity contribution in [3.63, 3.8) is 0 Å². The number of amides is 2. The molecule has 0 heterocycles. The number of hydrogen-bond acceptors (Lipinski definition) is 2. The summed E-state index contributed by atoms with van der Waals surface area (Å²) in [5.41, 5.74) is 1.86. The van der Waals surface area contributed by atoms with Crippen LogP contribution in [0.1, 0.15) is 37.7 Å². The summed E-state index contributed by atoms with van der Waals surface area (Å²) in [5.74, 6) is 0. The lowest BCUT2D eigenvalue weighted by molar-refractivity contribution is 0.185. The number of methoxy groups -OCH3 is 1. The Morgan fingerprint density at radius 1 is 1.32 bits per heavy atom. The van der Waals surface area contributed by atoms with Gasteiger partial charge in [0.25, 0.3) is 0 Å². The van der Waals surface area contributed by atoms with Crippen molar-refractivity contribution in [1.82, 2.24) is 5.32 Å². The van der Waals surface area contributed by atoms with Crippen LogP contribution in [-0.2, 0) is 11.3 Å². The number of ether oxygens (including phenoxy) is 1. The lowest BCUT2D eigenvalue weighted by Crippen LogP contribution is -2.39. The summed E-state index contributed by atoms with van der Waals surface area (Å²) in [6, 6.07) is 7.94. The Hall–Kier alpha value is -1.55. The Kier molecular flexibility index (Phi) is 5.21. The summed E-state index contributed by atoms with van der Waals surface area (Å²) in [6.45, 7) is 0.555. The van der Waals surface area contributed by atoms with E-state index in [2.05, 4.69) is 10.6 Å². The van der Waals surface area contributed by atoms with Crippen molar-refractivity contribution in [2.45, 2.75) is 44.8 Å². The summed E-state index contributed by atoms with van der Waals surface area (Å²) in [7, 11) is 1.66. The van der Waals surface area contributed by atoms with E-state index < -0.39 is 0 Å². The first-order valence-corrected chi connectivity index (χ1v) is 6.93. The van der Waals surface area contributed by atoms with Gasteiger partial charge >= 0.3 is 6.03 Å². The second-order valence-electron chi connectivity index (χ2n) is 5.07. The molecular weight excluding hydrogens is 240 g/mol. The number of urea groups is 1. The molecule has 0 radical (unpaired) electrons. The van der Waals surface area contributed by atoms with Gasteiger partial charge in [-0.1, -0.05) is 31.4 Å². The van der Waals surface area contributed by atoms with E-state index >= 15 is 0 Å². The lowest BCUT2D eigenvalue weighted by atomic mass is 9.96. The van der Waals surface area contributed by atoms with Crippen molar-refractivity contribution in [1.29, 1.82) is 0 Å². The van der Waals surface area contributed by atoms with Crippen LogP contribution in [-0.4, -0.2) is 19.2 Å². The molecule has 104 valence electrons. The molecule has 1 aliphatic carbocycles. The maximum Gasteiger partial charge on any atom is 0.319 e. The molecule has 0 unspecified atom stereocenters. The molecule has 4 heteroatoms. The fourth-order valence-electron chi connectivity index (χ4n) is 2.51. The third-order valence-corrected chi connectivity index (χ3v) is 3.44. The SMILES string of the molecule is COCc1cccc(NC(=O)NC2CCCCC2)c1. The molecule has 1 aromatic rings. The highest BCUT2D eigenvalue weighted by molar-refractivity contribution is 5.89. The van der Waals surface area contributed by atoms with Crippen molar-refractivity contribution < 1.29 is 9.53 Å². The number of carbonyl (C=O) groups excluding carboxylic acids is 1. The van der Waals surface area contributed by atoms with E-state index in [1.54, 1.807) is 7.11 Å². The summed E-state index contributed by atoms with van der Waals surface area (Å²) in [5, 5.41) is 5.92. The number of nitrogens with one attached hydrogen (secondary N) is 2. The van der Waals surface area contributed by atoms with E-state index in [-0.39, 0.29) is 6.03 Å². The van der Waals surface area contributed by atoms with Crippen LogP contribution in [0, 0.1) is 0 Å². The van der Waals surface area contributed by atoms with Gasteiger partial charge in [-0.05, 0) is 30.5 Å². The topological polar surface area (TPSA) is 50.4 Å². The van der Waals surface area contributed by atoms with Gasteiger partial charge in [0.2, 0.25) is 0 Å².